The molecule has 2 saturated carbocycles. The summed E-state index contributed by atoms with van der Waals surface area (Å²) in [6.45, 7) is 7.61. The van der Waals surface area contributed by atoms with Crippen molar-refractivity contribution in [3.8, 4) is 33.6 Å². The second-order valence-corrected chi connectivity index (χ2v) is 17.8. The number of nitrogens with zero attached hydrogens (tertiary/aromatic N) is 5. The third-order valence-electron chi connectivity index (χ3n) is 13.2. The summed E-state index contributed by atoms with van der Waals surface area (Å²) in [4.78, 5) is 73.1. The Morgan fingerprint density at radius 2 is 1.22 bits per heavy atom. The number of piperidine rings is 2. The Balaban J connectivity index is 0.884. The van der Waals surface area contributed by atoms with Crippen LogP contribution in [0.1, 0.15) is 77.1 Å². The molecule has 312 valence electrons. The second kappa shape index (κ2) is 15.1. The molecule has 5 aromatic rings. The van der Waals surface area contributed by atoms with Crippen LogP contribution in [0.3, 0.4) is 0 Å². The fourth-order valence-corrected chi connectivity index (χ4v) is 9.81. The highest BCUT2D eigenvalue weighted by molar-refractivity contribution is 5.91. The highest BCUT2D eigenvalue weighted by Crippen LogP contribution is 2.54. The van der Waals surface area contributed by atoms with Gasteiger partial charge in [-0.15, -0.1) is 0 Å². The van der Waals surface area contributed by atoms with E-state index in [0.717, 1.165) is 86.6 Å². The number of nitrogens with one attached hydrogen (secondary N) is 3. The number of alkyl carbamates (subject to hydrolysis) is 1. The molecule has 2 aromatic heterocycles. The molecular formula is C46H52N8O6. The number of amides is 4. The number of benzene rings is 3. The molecule has 0 radical (unpaired) electrons. The molecule has 2 aliphatic carbocycles. The van der Waals surface area contributed by atoms with E-state index < -0.39 is 24.3 Å². The number of hydrogen-bond donors (Lipinski definition) is 4. The largest absolute Gasteiger partial charge is 0.465 e. The molecule has 4 N–H and O–H groups in total. The number of methoxy groups -OCH3 is 1. The quantitative estimate of drug-likeness (QED) is 0.105. The Morgan fingerprint density at radius 3 is 1.75 bits per heavy atom. The van der Waals surface area contributed by atoms with Crippen LogP contribution >= 0.6 is 0 Å². The van der Waals surface area contributed by atoms with Crippen molar-refractivity contribution in [1.82, 2.24) is 40.0 Å². The average molecular weight is 813 g/mol. The number of carboxylic acid groups (broad SMARTS) is 1. The standard InChI is InChI=1S/C46H52N8O6/c1-23(2)39(51-45(57)60-6)43(55)53-35-17-31(35)19-37(53)41-48-22-34(50-41)30-14-13-28-15-27(11-12-29(28)16-30)25-7-9-26(10-8-25)33-21-47-42(49-33)38-20-32-18-36(32)54(38)44(56)40(24(3)4)52(5)46(58)59/h7-16,21-24,31-32,35-40H,17-20H2,1-6H3,(H,47,49)(H,48,50)(H,51,57)(H,58,59)/t31-,32+,35+,36+,37-,38-,39-,40-/m0/s1. The minimum absolute atomic E-state index is 0.100. The van der Waals surface area contributed by atoms with Gasteiger partial charge in [-0.05, 0) is 89.0 Å². The molecule has 2 saturated heterocycles. The number of H-pyrrole nitrogens is 2. The molecule has 4 aliphatic rings. The number of likely N-dealkylation sites (N-methyl/N-ethyl adjacent to an activating group) is 1. The van der Waals surface area contributed by atoms with E-state index in [2.05, 4.69) is 75.9 Å². The van der Waals surface area contributed by atoms with Gasteiger partial charge in [0, 0.05) is 24.7 Å². The van der Waals surface area contributed by atoms with Gasteiger partial charge in [0.2, 0.25) is 11.8 Å². The van der Waals surface area contributed by atoms with E-state index in [4.69, 9.17) is 14.7 Å². The van der Waals surface area contributed by atoms with Gasteiger partial charge in [-0.3, -0.25) is 14.5 Å². The summed E-state index contributed by atoms with van der Waals surface area (Å²) in [6, 6.07) is 19.6. The molecule has 0 spiro atoms. The molecule has 3 aromatic carbocycles. The summed E-state index contributed by atoms with van der Waals surface area (Å²) in [5.41, 5.74) is 5.89. The van der Waals surface area contributed by atoms with Gasteiger partial charge < -0.3 is 34.9 Å². The van der Waals surface area contributed by atoms with Crippen LogP contribution in [-0.2, 0) is 14.3 Å². The van der Waals surface area contributed by atoms with Crippen molar-refractivity contribution in [1.29, 1.82) is 0 Å². The zero-order valence-corrected chi connectivity index (χ0v) is 34.8. The number of aromatic amines is 2. The fraction of sp³-hybridized carbons (Fsp3) is 0.435. The van der Waals surface area contributed by atoms with Crippen molar-refractivity contribution in [3.63, 3.8) is 0 Å². The number of ether oxygens (including phenoxy) is 1. The highest BCUT2D eigenvalue weighted by atomic mass is 16.5. The van der Waals surface area contributed by atoms with Gasteiger partial charge in [0.25, 0.3) is 0 Å². The molecule has 14 nitrogen and oxygen atoms in total. The van der Waals surface area contributed by atoms with Crippen molar-refractivity contribution in [2.24, 2.45) is 23.7 Å². The van der Waals surface area contributed by atoms with E-state index in [1.54, 1.807) is 0 Å². The first-order chi connectivity index (χ1) is 28.8. The van der Waals surface area contributed by atoms with Gasteiger partial charge in [0.1, 0.15) is 23.7 Å². The topological polar surface area (TPSA) is 177 Å². The Labute approximate surface area is 348 Å². The minimum Gasteiger partial charge on any atom is -0.465 e. The Morgan fingerprint density at radius 1 is 0.717 bits per heavy atom. The van der Waals surface area contributed by atoms with Crippen LogP contribution in [0, 0.1) is 23.7 Å². The Bertz CT molecular complexity index is 2480. The molecule has 60 heavy (non-hydrogen) atoms. The van der Waals surface area contributed by atoms with E-state index in [0.29, 0.717) is 11.8 Å². The number of aromatic nitrogens is 4. The van der Waals surface area contributed by atoms with Gasteiger partial charge in [-0.1, -0.05) is 76.2 Å². The van der Waals surface area contributed by atoms with Crippen molar-refractivity contribution in [2.75, 3.05) is 14.2 Å². The zero-order valence-electron chi connectivity index (χ0n) is 34.8. The predicted octanol–water partition coefficient (Wildman–Crippen LogP) is 7.63. The molecule has 4 heterocycles. The molecular weight excluding hydrogens is 761 g/mol. The van der Waals surface area contributed by atoms with Crippen LogP contribution in [-0.4, -0.2) is 102 Å². The Kier molecular flexibility index (Phi) is 9.91. The maximum Gasteiger partial charge on any atom is 0.407 e. The Hall–Kier alpha value is -6.18. The van der Waals surface area contributed by atoms with Crippen molar-refractivity contribution in [2.45, 2.75) is 89.6 Å². The lowest BCUT2D eigenvalue weighted by atomic mass is 9.98. The van der Waals surface area contributed by atoms with Crippen molar-refractivity contribution >= 4 is 34.8 Å². The number of hydrogen-bond acceptors (Lipinski definition) is 7. The first-order valence-electron chi connectivity index (χ1n) is 21.0. The summed E-state index contributed by atoms with van der Waals surface area (Å²) in [6.07, 6.45) is 5.51. The van der Waals surface area contributed by atoms with Gasteiger partial charge in [-0.2, -0.15) is 0 Å². The smallest absolute Gasteiger partial charge is 0.407 e. The van der Waals surface area contributed by atoms with Crippen LogP contribution in [0.15, 0.2) is 73.1 Å². The zero-order chi connectivity index (χ0) is 42.1. The first kappa shape index (κ1) is 39.3. The lowest BCUT2D eigenvalue weighted by Crippen LogP contribution is -2.52. The van der Waals surface area contributed by atoms with Crippen LogP contribution in [0.25, 0.3) is 44.4 Å². The molecule has 9 rings (SSSR count). The third-order valence-corrected chi connectivity index (χ3v) is 13.2. The number of carbonyl (C=O) groups excluding carboxylic acids is 3. The summed E-state index contributed by atoms with van der Waals surface area (Å²) in [5.74, 6) is 1.83. The summed E-state index contributed by atoms with van der Waals surface area (Å²) >= 11 is 0. The number of likely N-dealkylation sites (tertiary alicyclic amines) is 2. The molecule has 0 bridgehead atoms. The molecule has 4 fully saturated rings. The number of fused-ring (bicyclic) bond motifs is 3. The van der Waals surface area contributed by atoms with E-state index in [1.165, 1.54) is 14.2 Å². The van der Waals surface area contributed by atoms with Crippen LogP contribution in [0.4, 0.5) is 9.59 Å². The van der Waals surface area contributed by atoms with Crippen molar-refractivity contribution < 1.29 is 29.0 Å². The average Bonchev–Trinajstić information content (AvgIpc) is 3.82. The lowest BCUT2D eigenvalue weighted by Gasteiger charge is -2.35. The van der Waals surface area contributed by atoms with E-state index in [-0.39, 0.29) is 47.8 Å². The van der Waals surface area contributed by atoms with Crippen LogP contribution in [0.2, 0.25) is 0 Å². The molecule has 2 aliphatic heterocycles. The molecule has 4 amide bonds. The summed E-state index contributed by atoms with van der Waals surface area (Å²) in [7, 11) is 2.77. The maximum absolute atomic E-state index is 13.9. The number of carbonyl (C=O) groups is 4. The lowest BCUT2D eigenvalue weighted by molar-refractivity contribution is -0.140. The molecule has 0 unspecified atom stereocenters. The summed E-state index contributed by atoms with van der Waals surface area (Å²) < 4.78 is 4.80. The molecule has 14 heteroatoms. The van der Waals surface area contributed by atoms with E-state index in [1.807, 2.05) is 49.9 Å². The monoisotopic (exact) mass is 812 g/mol. The molecule has 8 atom stereocenters. The third kappa shape index (κ3) is 7.05. The maximum atomic E-state index is 13.9. The summed E-state index contributed by atoms with van der Waals surface area (Å²) in [5, 5.41) is 14.6. The highest BCUT2D eigenvalue weighted by Gasteiger charge is 2.57. The number of imidazole rings is 2. The van der Waals surface area contributed by atoms with Gasteiger partial charge >= 0.3 is 12.2 Å². The van der Waals surface area contributed by atoms with Crippen LogP contribution in [0.5, 0.6) is 0 Å². The predicted molar refractivity (Wildman–Crippen MR) is 225 cm³/mol. The van der Waals surface area contributed by atoms with Crippen LogP contribution < -0.4 is 5.32 Å². The van der Waals surface area contributed by atoms with E-state index >= 15 is 0 Å². The second-order valence-electron chi connectivity index (χ2n) is 17.8. The first-order valence-corrected chi connectivity index (χ1v) is 21.0. The normalized spacial score (nSPS) is 23.7. The minimum atomic E-state index is -1.11. The number of rotatable bonds is 11. The van der Waals surface area contributed by atoms with Gasteiger partial charge in [-0.25, -0.2) is 19.6 Å². The SMILES string of the molecule is COC(=O)N[C@H](C(=O)N1[C@@H]2C[C@H]2C[C@H]1c1ncc(-c2ccc3cc(-c4ccc(-c5cnc([C@@H]6C[C@H]7C[C@H]7N6C(=O)[C@H](C(C)C)N(C)C(=O)O)[nH]5)cc4)ccc3c2)[nH]1)C(C)C. The fourth-order valence-electron chi connectivity index (χ4n) is 9.81. The van der Waals surface area contributed by atoms with Gasteiger partial charge in [0.15, 0.2) is 0 Å². The van der Waals surface area contributed by atoms with Crippen molar-refractivity contribution in [3.05, 3.63) is 84.7 Å². The van der Waals surface area contributed by atoms with E-state index in [9.17, 15) is 24.3 Å². The van der Waals surface area contributed by atoms with Gasteiger partial charge in [0.05, 0.1) is 43.0 Å².